The molecule has 3 nitrogen and oxygen atoms in total. The van der Waals surface area contributed by atoms with E-state index in [0.29, 0.717) is 5.88 Å². The first kappa shape index (κ1) is 12.3. The maximum atomic E-state index is 5.93. The summed E-state index contributed by atoms with van der Waals surface area (Å²) >= 11 is 3.32. The van der Waals surface area contributed by atoms with Crippen LogP contribution < -0.4 is 5.73 Å². The summed E-state index contributed by atoms with van der Waals surface area (Å²) in [5.41, 5.74) is 8.68. The Morgan fingerprint density at radius 3 is 2.79 bits per heavy atom. The second-order valence-electron chi connectivity index (χ2n) is 3.95. The summed E-state index contributed by atoms with van der Waals surface area (Å²) in [6.45, 7) is 0. The molecule has 3 rings (SSSR count). The van der Waals surface area contributed by atoms with Crippen molar-refractivity contribution in [1.82, 2.24) is 5.16 Å². The number of rotatable bonds is 3. The molecule has 0 spiro atoms. The zero-order valence-electron chi connectivity index (χ0n) is 10.3. The SMILES string of the molecule is CSc1ccccc1-c1noc(N)c1-c1cccs1. The van der Waals surface area contributed by atoms with Crippen LogP contribution in [0.3, 0.4) is 0 Å². The van der Waals surface area contributed by atoms with Gasteiger partial charge >= 0.3 is 0 Å². The summed E-state index contributed by atoms with van der Waals surface area (Å²) in [7, 11) is 0. The normalized spacial score (nSPS) is 10.8. The van der Waals surface area contributed by atoms with Crippen molar-refractivity contribution >= 4 is 29.0 Å². The van der Waals surface area contributed by atoms with Crippen molar-refractivity contribution in [2.24, 2.45) is 0 Å². The van der Waals surface area contributed by atoms with Crippen LogP contribution in [0.25, 0.3) is 21.7 Å². The Kier molecular flexibility index (Phi) is 3.31. The molecule has 0 fully saturated rings. The molecule has 0 aliphatic carbocycles. The largest absolute Gasteiger partial charge is 0.367 e. The molecule has 2 aromatic heterocycles. The Bertz CT molecular complexity index is 689. The molecular weight excluding hydrogens is 276 g/mol. The zero-order valence-corrected chi connectivity index (χ0v) is 11.9. The number of hydrogen-bond donors (Lipinski definition) is 1. The Balaban J connectivity index is 2.22. The molecule has 1 aromatic carbocycles. The quantitative estimate of drug-likeness (QED) is 0.727. The first-order valence-electron chi connectivity index (χ1n) is 5.73. The van der Waals surface area contributed by atoms with E-state index in [9.17, 15) is 0 Å². The fourth-order valence-corrected chi connectivity index (χ4v) is 3.36. The number of thiophene rings is 1. The van der Waals surface area contributed by atoms with Gasteiger partial charge in [-0.25, -0.2) is 0 Å². The number of nitrogens with two attached hydrogens (primary N) is 1. The lowest BCUT2D eigenvalue weighted by Gasteiger charge is -2.05. The van der Waals surface area contributed by atoms with Crippen LogP contribution in [-0.2, 0) is 0 Å². The Morgan fingerprint density at radius 1 is 1.21 bits per heavy atom. The molecule has 2 N–H and O–H groups in total. The van der Waals surface area contributed by atoms with Gasteiger partial charge in [-0.2, -0.15) is 0 Å². The molecule has 0 bridgehead atoms. The monoisotopic (exact) mass is 288 g/mol. The van der Waals surface area contributed by atoms with Crippen molar-refractivity contribution in [2.75, 3.05) is 12.0 Å². The average Bonchev–Trinajstić information content (AvgIpc) is 3.07. The highest BCUT2D eigenvalue weighted by atomic mass is 32.2. The van der Waals surface area contributed by atoms with Gasteiger partial charge in [0.25, 0.3) is 0 Å². The molecule has 0 amide bonds. The van der Waals surface area contributed by atoms with Crippen molar-refractivity contribution in [2.45, 2.75) is 4.90 Å². The van der Waals surface area contributed by atoms with Gasteiger partial charge < -0.3 is 10.3 Å². The fourth-order valence-electron chi connectivity index (χ4n) is 1.99. The average molecular weight is 288 g/mol. The fraction of sp³-hybridized carbons (Fsp3) is 0.0714. The summed E-state index contributed by atoms with van der Waals surface area (Å²) in [6, 6.07) is 12.2. The Hall–Kier alpha value is -1.72. The van der Waals surface area contributed by atoms with E-state index in [1.807, 2.05) is 42.0 Å². The van der Waals surface area contributed by atoms with E-state index in [2.05, 4.69) is 11.2 Å². The topological polar surface area (TPSA) is 52.0 Å². The predicted octanol–water partition coefficient (Wildman–Crippen LogP) is 4.37. The van der Waals surface area contributed by atoms with E-state index in [1.165, 1.54) is 0 Å². The van der Waals surface area contributed by atoms with Crippen LogP contribution in [-0.4, -0.2) is 11.4 Å². The number of nitrogen functional groups attached to an aromatic ring is 1. The minimum Gasteiger partial charge on any atom is -0.367 e. The van der Waals surface area contributed by atoms with Gasteiger partial charge in [-0.1, -0.05) is 29.4 Å². The Morgan fingerprint density at radius 2 is 2.05 bits per heavy atom. The van der Waals surface area contributed by atoms with E-state index >= 15 is 0 Å². The third-order valence-corrected chi connectivity index (χ3v) is 4.53. The van der Waals surface area contributed by atoms with Crippen LogP contribution in [0.4, 0.5) is 5.88 Å². The number of anilines is 1. The van der Waals surface area contributed by atoms with Crippen LogP contribution in [0.15, 0.2) is 51.2 Å². The highest BCUT2D eigenvalue weighted by Gasteiger charge is 2.19. The molecule has 19 heavy (non-hydrogen) atoms. The van der Waals surface area contributed by atoms with Gasteiger partial charge in [-0.05, 0) is 23.8 Å². The maximum absolute atomic E-state index is 5.93. The Labute approximate surface area is 119 Å². The third-order valence-electron chi connectivity index (χ3n) is 2.85. The van der Waals surface area contributed by atoms with Crippen LogP contribution in [0.1, 0.15) is 0 Å². The molecule has 0 saturated carbocycles. The number of aromatic nitrogens is 1. The van der Waals surface area contributed by atoms with Crippen molar-refractivity contribution in [3.8, 4) is 21.7 Å². The summed E-state index contributed by atoms with van der Waals surface area (Å²) in [5.74, 6) is 0.369. The molecule has 0 atom stereocenters. The molecule has 2 heterocycles. The molecule has 5 heteroatoms. The molecule has 0 radical (unpaired) electrons. The van der Waals surface area contributed by atoms with Gasteiger partial charge in [-0.3, -0.25) is 0 Å². The second-order valence-corrected chi connectivity index (χ2v) is 5.74. The summed E-state index contributed by atoms with van der Waals surface area (Å²) < 4.78 is 5.20. The number of hydrogen-bond acceptors (Lipinski definition) is 5. The van der Waals surface area contributed by atoms with E-state index in [4.69, 9.17) is 10.3 Å². The van der Waals surface area contributed by atoms with E-state index in [-0.39, 0.29) is 0 Å². The zero-order chi connectivity index (χ0) is 13.2. The van der Waals surface area contributed by atoms with Crippen molar-refractivity contribution in [3.63, 3.8) is 0 Å². The molecule has 0 saturated heterocycles. The van der Waals surface area contributed by atoms with Gasteiger partial charge in [0.2, 0.25) is 5.88 Å². The molecule has 3 aromatic rings. The predicted molar refractivity (Wildman–Crippen MR) is 81.4 cm³/mol. The van der Waals surface area contributed by atoms with Gasteiger partial charge in [0, 0.05) is 15.3 Å². The van der Waals surface area contributed by atoms with Crippen LogP contribution in [0.2, 0.25) is 0 Å². The highest BCUT2D eigenvalue weighted by molar-refractivity contribution is 7.98. The lowest BCUT2D eigenvalue weighted by Crippen LogP contribution is -1.87. The maximum Gasteiger partial charge on any atom is 0.231 e. The summed E-state index contributed by atoms with van der Waals surface area (Å²) in [4.78, 5) is 2.23. The van der Waals surface area contributed by atoms with E-state index < -0.39 is 0 Å². The molecule has 96 valence electrons. The summed E-state index contributed by atoms with van der Waals surface area (Å²) in [5, 5.41) is 6.16. The van der Waals surface area contributed by atoms with Gasteiger partial charge in [0.15, 0.2) is 0 Å². The number of benzene rings is 1. The van der Waals surface area contributed by atoms with Gasteiger partial charge in [0.05, 0.1) is 5.56 Å². The van der Waals surface area contributed by atoms with Gasteiger partial charge in [-0.15, -0.1) is 23.1 Å². The first-order chi connectivity index (χ1) is 9.31. The second kappa shape index (κ2) is 5.11. The van der Waals surface area contributed by atoms with Crippen LogP contribution in [0.5, 0.6) is 0 Å². The standard InChI is InChI=1S/C14H12N2OS2/c1-18-10-6-3-2-5-9(10)13-12(14(15)17-16-13)11-7-4-8-19-11/h2-8H,15H2,1H3. The van der Waals surface area contributed by atoms with Gasteiger partial charge in [0.1, 0.15) is 5.69 Å². The first-order valence-corrected chi connectivity index (χ1v) is 7.84. The van der Waals surface area contributed by atoms with Crippen molar-refractivity contribution in [3.05, 3.63) is 41.8 Å². The third kappa shape index (κ3) is 2.15. The molecule has 0 aliphatic heterocycles. The number of nitrogens with zero attached hydrogens (tertiary/aromatic N) is 1. The molecule has 0 aliphatic rings. The summed E-state index contributed by atoms with van der Waals surface area (Å²) in [6.07, 6.45) is 2.05. The lowest BCUT2D eigenvalue weighted by molar-refractivity contribution is 0.439. The van der Waals surface area contributed by atoms with Crippen LogP contribution >= 0.6 is 23.1 Å². The lowest BCUT2D eigenvalue weighted by atomic mass is 10.1. The smallest absolute Gasteiger partial charge is 0.231 e. The molecular formula is C14H12N2OS2. The minimum atomic E-state index is 0.369. The van der Waals surface area contributed by atoms with Crippen molar-refractivity contribution in [1.29, 1.82) is 0 Å². The van der Waals surface area contributed by atoms with E-state index in [0.717, 1.165) is 26.6 Å². The van der Waals surface area contributed by atoms with Crippen molar-refractivity contribution < 1.29 is 4.52 Å². The molecule has 0 unspecified atom stereocenters. The minimum absolute atomic E-state index is 0.369. The number of thioether (sulfide) groups is 1. The van der Waals surface area contributed by atoms with E-state index in [1.54, 1.807) is 23.1 Å². The van der Waals surface area contributed by atoms with Crippen LogP contribution in [0, 0.1) is 0 Å². The highest BCUT2D eigenvalue weighted by Crippen LogP contribution is 2.41.